The summed E-state index contributed by atoms with van der Waals surface area (Å²) in [6.45, 7) is 3.15. The van der Waals surface area contributed by atoms with Crippen LogP contribution >= 0.6 is 11.6 Å². The van der Waals surface area contributed by atoms with E-state index in [0.717, 1.165) is 37.7 Å². The Labute approximate surface area is 116 Å². The van der Waals surface area contributed by atoms with Crippen LogP contribution in [0.4, 0.5) is 0 Å². The van der Waals surface area contributed by atoms with E-state index < -0.39 is 0 Å². The molecule has 0 unspecified atom stereocenters. The van der Waals surface area contributed by atoms with Gasteiger partial charge in [-0.05, 0) is 12.1 Å². The van der Waals surface area contributed by atoms with Crippen molar-refractivity contribution in [2.45, 2.75) is 19.6 Å². The van der Waals surface area contributed by atoms with Gasteiger partial charge in [0, 0.05) is 26.1 Å². The van der Waals surface area contributed by atoms with Crippen molar-refractivity contribution in [3.05, 3.63) is 40.9 Å². The molecule has 0 amide bonds. The highest BCUT2D eigenvalue weighted by atomic mass is 35.5. The molecule has 2 aromatic rings. The second-order valence-electron chi connectivity index (χ2n) is 4.40. The van der Waals surface area contributed by atoms with Crippen molar-refractivity contribution in [1.82, 2.24) is 20.1 Å². The van der Waals surface area contributed by atoms with Gasteiger partial charge >= 0.3 is 0 Å². The van der Waals surface area contributed by atoms with Crippen molar-refractivity contribution in [3.63, 3.8) is 0 Å². The SMILES string of the molecule is Clc1ccccc1OCc1nnc2n1CCNCC2. The van der Waals surface area contributed by atoms with Gasteiger partial charge in [0.2, 0.25) is 0 Å². The van der Waals surface area contributed by atoms with Crippen LogP contribution in [0, 0.1) is 0 Å². The Hall–Kier alpha value is -1.59. The number of fused-ring (bicyclic) bond motifs is 1. The van der Waals surface area contributed by atoms with Gasteiger partial charge in [0.25, 0.3) is 0 Å². The highest BCUT2D eigenvalue weighted by Crippen LogP contribution is 2.24. The molecule has 0 fully saturated rings. The number of halogens is 1. The van der Waals surface area contributed by atoms with E-state index in [9.17, 15) is 0 Å². The van der Waals surface area contributed by atoms with E-state index in [0.29, 0.717) is 17.4 Å². The number of hydrogen-bond donors (Lipinski definition) is 1. The van der Waals surface area contributed by atoms with Crippen molar-refractivity contribution in [3.8, 4) is 5.75 Å². The summed E-state index contributed by atoms with van der Waals surface area (Å²) in [5, 5.41) is 12.4. The highest BCUT2D eigenvalue weighted by molar-refractivity contribution is 6.32. The molecule has 100 valence electrons. The number of rotatable bonds is 3. The third-order valence-electron chi connectivity index (χ3n) is 3.13. The molecule has 2 heterocycles. The molecule has 0 bridgehead atoms. The summed E-state index contributed by atoms with van der Waals surface area (Å²) >= 11 is 6.06. The summed E-state index contributed by atoms with van der Waals surface area (Å²) in [5.74, 6) is 2.54. The molecular weight excluding hydrogens is 264 g/mol. The van der Waals surface area contributed by atoms with E-state index in [2.05, 4.69) is 20.1 Å². The quantitative estimate of drug-likeness (QED) is 0.928. The molecule has 1 N–H and O–H groups in total. The fourth-order valence-corrected chi connectivity index (χ4v) is 2.33. The highest BCUT2D eigenvalue weighted by Gasteiger charge is 2.14. The number of aromatic nitrogens is 3. The predicted molar refractivity (Wildman–Crippen MR) is 72.4 cm³/mol. The molecule has 0 saturated carbocycles. The van der Waals surface area contributed by atoms with Crippen LogP contribution in [-0.4, -0.2) is 27.9 Å². The zero-order valence-corrected chi connectivity index (χ0v) is 11.2. The third kappa shape index (κ3) is 2.72. The van der Waals surface area contributed by atoms with E-state index in [1.165, 1.54) is 0 Å². The van der Waals surface area contributed by atoms with E-state index >= 15 is 0 Å². The first-order valence-corrected chi connectivity index (χ1v) is 6.71. The Kier molecular flexibility index (Phi) is 3.66. The minimum Gasteiger partial charge on any atom is -0.484 e. The summed E-state index contributed by atoms with van der Waals surface area (Å²) < 4.78 is 7.83. The van der Waals surface area contributed by atoms with E-state index in [1.54, 1.807) is 0 Å². The lowest BCUT2D eigenvalue weighted by Crippen LogP contribution is -2.18. The van der Waals surface area contributed by atoms with Gasteiger partial charge in [-0.15, -0.1) is 10.2 Å². The lowest BCUT2D eigenvalue weighted by Gasteiger charge is -2.09. The maximum Gasteiger partial charge on any atom is 0.171 e. The van der Waals surface area contributed by atoms with Gasteiger partial charge in [0.05, 0.1) is 5.02 Å². The molecular formula is C13H15ClN4O. The van der Waals surface area contributed by atoms with Crippen molar-refractivity contribution in [1.29, 1.82) is 0 Å². The first kappa shape index (κ1) is 12.4. The Morgan fingerprint density at radius 3 is 3.05 bits per heavy atom. The Morgan fingerprint density at radius 2 is 2.16 bits per heavy atom. The third-order valence-corrected chi connectivity index (χ3v) is 3.45. The van der Waals surface area contributed by atoms with Crippen molar-refractivity contribution in [2.75, 3.05) is 13.1 Å². The Morgan fingerprint density at radius 1 is 1.26 bits per heavy atom. The van der Waals surface area contributed by atoms with Crippen LogP contribution in [0.5, 0.6) is 5.75 Å². The molecule has 1 aliphatic heterocycles. The predicted octanol–water partition coefficient (Wildman–Crippen LogP) is 1.66. The van der Waals surface area contributed by atoms with Crippen LogP contribution in [-0.2, 0) is 19.6 Å². The van der Waals surface area contributed by atoms with Crippen molar-refractivity contribution >= 4 is 11.6 Å². The van der Waals surface area contributed by atoms with Crippen LogP contribution < -0.4 is 10.1 Å². The van der Waals surface area contributed by atoms with Gasteiger partial charge < -0.3 is 14.6 Å². The largest absolute Gasteiger partial charge is 0.484 e. The maximum atomic E-state index is 6.06. The second kappa shape index (κ2) is 5.59. The zero-order valence-electron chi connectivity index (χ0n) is 10.5. The van der Waals surface area contributed by atoms with Crippen molar-refractivity contribution in [2.24, 2.45) is 0 Å². The Bertz CT molecular complexity index is 570. The first-order chi connectivity index (χ1) is 9.34. The van der Waals surface area contributed by atoms with Gasteiger partial charge in [-0.3, -0.25) is 0 Å². The number of nitrogens with one attached hydrogen (secondary N) is 1. The van der Waals surface area contributed by atoms with Crippen LogP contribution in [0.15, 0.2) is 24.3 Å². The molecule has 1 aliphatic rings. The maximum absolute atomic E-state index is 6.06. The molecule has 1 aromatic carbocycles. The van der Waals surface area contributed by atoms with Crippen molar-refractivity contribution < 1.29 is 4.74 Å². The van der Waals surface area contributed by atoms with Gasteiger partial charge in [0.1, 0.15) is 18.2 Å². The normalized spacial score (nSPS) is 14.8. The molecule has 0 saturated heterocycles. The summed E-state index contributed by atoms with van der Waals surface area (Å²) in [6.07, 6.45) is 0.902. The van der Waals surface area contributed by atoms with E-state index in [4.69, 9.17) is 16.3 Å². The molecule has 19 heavy (non-hydrogen) atoms. The van der Waals surface area contributed by atoms with Gasteiger partial charge in [-0.25, -0.2) is 0 Å². The second-order valence-corrected chi connectivity index (χ2v) is 4.81. The summed E-state index contributed by atoms with van der Waals surface area (Å²) in [6, 6.07) is 7.44. The summed E-state index contributed by atoms with van der Waals surface area (Å²) in [7, 11) is 0. The van der Waals surface area contributed by atoms with Gasteiger partial charge in [-0.2, -0.15) is 0 Å². The number of nitrogens with zero attached hydrogens (tertiary/aromatic N) is 3. The molecule has 0 aliphatic carbocycles. The monoisotopic (exact) mass is 278 g/mol. The van der Waals surface area contributed by atoms with Crippen LogP contribution in [0.2, 0.25) is 5.02 Å². The van der Waals surface area contributed by atoms with Gasteiger partial charge in [-0.1, -0.05) is 23.7 Å². The van der Waals surface area contributed by atoms with Crippen LogP contribution in [0.1, 0.15) is 11.6 Å². The number of hydrogen-bond acceptors (Lipinski definition) is 4. The average Bonchev–Trinajstić information content (AvgIpc) is 2.66. The number of benzene rings is 1. The summed E-state index contributed by atoms with van der Waals surface area (Å²) in [5.41, 5.74) is 0. The minimum absolute atomic E-state index is 0.386. The summed E-state index contributed by atoms with van der Waals surface area (Å²) in [4.78, 5) is 0. The topological polar surface area (TPSA) is 52.0 Å². The number of para-hydroxylation sites is 1. The molecule has 6 heteroatoms. The van der Waals surface area contributed by atoms with E-state index in [1.807, 2.05) is 24.3 Å². The van der Waals surface area contributed by atoms with Crippen LogP contribution in [0.25, 0.3) is 0 Å². The first-order valence-electron chi connectivity index (χ1n) is 6.33. The number of ether oxygens (including phenoxy) is 1. The fourth-order valence-electron chi connectivity index (χ4n) is 2.14. The molecule has 0 radical (unpaired) electrons. The van der Waals surface area contributed by atoms with Gasteiger partial charge in [0.15, 0.2) is 5.82 Å². The molecule has 3 rings (SSSR count). The Balaban J connectivity index is 1.74. The lowest BCUT2D eigenvalue weighted by atomic mass is 10.3. The molecule has 1 aromatic heterocycles. The minimum atomic E-state index is 0.386. The average molecular weight is 279 g/mol. The van der Waals surface area contributed by atoms with Crippen LogP contribution in [0.3, 0.4) is 0 Å². The molecule has 0 atom stereocenters. The smallest absolute Gasteiger partial charge is 0.171 e. The lowest BCUT2D eigenvalue weighted by molar-refractivity contribution is 0.289. The zero-order chi connectivity index (χ0) is 13.1. The standard InChI is InChI=1S/C13H15ClN4O/c14-10-3-1-2-4-11(10)19-9-13-17-16-12-5-6-15-7-8-18(12)13/h1-4,15H,5-9H2. The molecule has 5 nitrogen and oxygen atoms in total. The van der Waals surface area contributed by atoms with E-state index in [-0.39, 0.29) is 0 Å². The fraction of sp³-hybridized carbons (Fsp3) is 0.385. The molecule has 0 spiro atoms.